The first-order valence-corrected chi connectivity index (χ1v) is 7.75. The van der Waals surface area contributed by atoms with Crippen LogP contribution in [0.1, 0.15) is 32.4 Å². The summed E-state index contributed by atoms with van der Waals surface area (Å²) in [5.41, 5.74) is 0.175. The summed E-state index contributed by atoms with van der Waals surface area (Å²) in [5.74, 6) is -1.39. The number of alkyl carbamates (subject to hydrolysis) is 1. The van der Waals surface area contributed by atoms with Crippen LogP contribution >= 0.6 is 0 Å². The van der Waals surface area contributed by atoms with Gasteiger partial charge in [0.2, 0.25) is 5.91 Å². The molecule has 0 saturated carbocycles. The number of hydrogen-bond donors (Lipinski definition) is 3. The number of nitrogens with one attached hydrogen (secondary N) is 2. The fourth-order valence-corrected chi connectivity index (χ4v) is 1.96. The normalized spacial score (nSPS) is 12.4. The van der Waals surface area contributed by atoms with Crippen molar-refractivity contribution in [3.8, 4) is 0 Å². The molecule has 0 aliphatic rings. The summed E-state index contributed by atoms with van der Waals surface area (Å²) in [6.07, 6.45) is -0.816. The molecule has 0 radical (unpaired) electrons. The Morgan fingerprint density at radius 1 is 1.16 bits per heavy atom. The van der Waals surface area contributed by atoms with E-state index in [1.807, 2.05) is 0 Å². The number of nitrogens with zero attached hydrogens (tertiary/aromatic N) is 1. The highest BCUT2D eigenvalue weighted by molar-refractivity contribution is 5.92. The Balaban J connectivity index is 2.80. The molecule has 3 N–H and O–H groups in total. The zero-order valence-corrected chi connectivity index (χ0v) is 15.1. The average Bonchev–Trinajstić information content (AvgIpc) is 2.42. The van der Waals surface area contributed by atoms with Crippen molar-refractivity contribution >= 4 is 23.7 Å². The van der Waals surface area contributed by atoms with Crippen LogP contribution in [0.5, 0.6) is 0 Å². The minimum atomic E-state index is -1.25. The molecule has 1 atom stereocenters. The highest BCUT2D eigenvalue weighted by atomic mass is 16.6. The van der Waals surface area contributed by atoms with Gasteiger partial charge in [0, 0.05) is 5.69 Å². The van der Waals surface area contributed by atoms with Crippen molar-refractivity contribution < 1.29 is 24.2 Å². The molecule has 1 unspecified atom stereocenters. The molecule has 2 amide bonds. The van der Waals surface area contributed by atoms with Gasteiger partial charge in [0.25, 0.3) is 0 Å². The van der Waals surface area contributed by atoms with Crippen LogP contribution in [0.2, 0.25) is 0 Å². The maximum Gasteiger partial charge on any atom is 0.408 e. The molecule has 0 heterocycles. The number of carbonyl (C=O) groups is 3. The summed E-state index contributed by atoms with van der Waals surface area (Å²) in [7, 11) is 3.56. The summed E-state index contributed by atoms with van der Waals surface area (Å²) in [5, 5.41) is 14.4. The van der Waals surface area contributed by atoms with E-state index in [1.165, 1.54) is 12.1 Å². The van der Waals surface area contributed by atoms with Crippen LogP contribution in [0.15, 0.2) is 24.3 Å². The molecule has 0 spiro atoms. The Morgan fingerprint density at radius 2 is 1.72 bits per heavy atom. The number of rotatable bonds is 6. The lowest BCUT2D eigenvalue weighted by atomic mass is 10.1. The number of likely N-dealkylation sites (N-methyl/N-ethyl adjacent to an activating group) is 1. The lowest BCUT2D eigenvalue weighted by molar-refractivity contribution is -0.139. The van der Waals surface area contributed by atoms with Gasteiger partial charge in [0.05, 0.1) is 6.54 Å². The molecule has 1 aromatic rings. The first kappa shape index (κ1) is 20.4. The van der Waals surface area contributed by atoms with Gasteiger partial charge in [0.15, 0.2) is 6.04 Å². The quantitative estimate of drug-likeness (QED) is 0.722. The van der Waals surface area contributed by atoms with Crippen molar-refractivity contribution in [3.63, 3.8) is 0 Å². The van der Waals surface area contributed by atoms with E-state index >= 15 is 0 Å². The number of ether oxygens (including phenoxy) is 1. The van der Waals surface area contributed by atoms with Gasteiger partial charge in [-0.05, 0) is 52.6 Å². The fraction of sp³-hybridized carbons (Fsp3) is 0.471. The Bertz CT molecular complexity index is 620. The second kappa shape index (κ2) is 8.48. The van der Waals surface area contributed by atoms with Crippen LogP contribution in [0, 0.1) is 0 Å². The number of aliphatic carboxylic acids is 1. The fourth-order valence-electron chi connectivity index (χ4n) is 1.96. The minimum Gasteiger partial charge on any atom is -0.479 e. The summed E-state index contributed by atoms with van der Waals surface area (Å²) in [4.78, 5) is 36.7. The summed E-state index contributed by atoms with van der Waals surface area (Å²) in [6.45, 7) is 5.30. The predicted molar refractivity (Wildman–Crippen MR) is 93.4 cm³/mol. The lowest BCUT2D eigenvalue weighted by Crippen LogP contribution is -2.38. The zero-order chi connectivity index (χ0) is 19.2. The van der Waals surface area contributed by atoms with Crippen LogP contribution < -0.4 is 10.6 Å². The molecule has 138 valence electrons. The van der Waals surface area contributed by atoms with Crippen LogP contribution in [-0.4, -0.2) is 54.2 Å². The van der Waals surface area contributed by atoms with E-state index in [0.29, 0.717) is 11.3 Å². The van der Waals surface area contributed by atoms with Crippen molar-refractivity contribution in [2.45, 2.75) is 32.4 Å². The monoisotopic (exact) mass is 351 g/mol. The summed E-state index contributed by atoms with van der Waals surface area (Å²) in [6, 6.07) is 4.97. The highest BCUT2D eigenvalue weighted by Gasteiger charge is 2.25. The van der Waals surface area contributed by atoms with E-state index in [-0.39, 0.29) is 12.5 Å². The number of amides is 2. The molecular weight excluding hydrogens is 326 g/mol. The van der Waals surface area contributed by atoms with E-state index < -0.39 is 23.7 Å². The van der Waals surface area contributed by atoms with E-state index in [1.54, 1.807) is 51.9 Å². The number of carboxylic acid groups (broad SMARTS) is 1. The Hall–Kier alpha value is -2.61. The van der Waals surface area contributed by atoms with Gasteiger partial charge in [-0.2, -0.15) is 0 Å². The van der Waals surface area contributed by atoms with Gasteiger partial charge >= 0.3 is 12.1 Å². The molecular formula is C17H25N3O5. The lowest BCUT2D eigenvalue weighted by Gasteiger charge is -2.22. The van der Waals surface area contributed by atoms with Gasteiger partial charge in [0.1, 0.15) is 5.60 Å². The van der Waals surface area contributed by atoms with Gasteiger partial charge < -0.3 is 25.4 Å². The van der Waals surface area contributed by atoms with Gasteiger partial charge in [-0.15, -0.1) is 0 Å². The van der Waals surface area contributed by atoms with Crippen molar-refractivity contribution in [2.24, 2.45) is 0 Å². The van der Waals surface area contributed by atoms with Crippen molar-refractivity contribution in [1.29, 1.82) is 0 Å². The Morgan fingerprint density at radius 3 is 2.16 bits per heavy atom. The second-order valence-electron chi connectivity index (χ2n) is 6.83. The molecule has 8 nitrogen and oxygen atoms in total. The number of carbonyl (C=O) groups excluding carboxylic acids is 2. The van der Waals surface area contributed by atoms with Crippen LogP contribution in [0.4, 0.5) is 10.5 Å². The largest absolute Gasteiger partial charge is 0.479 e. The first-order chi connectivity index (χ1) is 11.5. The van der Waals surface area contributed by atoms with Gasteiger partial charge in [-0.3, -0.25) is 4.79 Å². The van der Waals surface area contributed by atoms with Crippen LogP contribution in [0.3, 0.4) is 0 Å². The van der Waals surface area contributed by atoms with Crippen molar-refractivity contribution in [3.05, 3.63) is 29.8 Å². The number of anilines is 1. The van der Waals surface area contributed by atoms with E-state index in [4.69, 9.17) is 4.74 Å². The van der Waals surface area contributed by atoms with E-state index in [2.05, 4.69) is 10.6 Å². The van der Waals surface area contributed by atoms with Crippen LogP contribution in [-0.2, 0) is 14.3 Å². The summed E-state index contributed by atoms with van der Waals surface area (Å²) < 4.78 is 5.08. The SMILES string of the molecule is CN(C)CC(=O)Nc1ccc(C(NC(=O)OC(C)(C)C)C(=O)O)cc1. The molecule has 8 heteroatoms. The topological polar surface area (TPSA) is 108 Å². The number of hydrogen-bond acceptors (Lipinski definition) is 5. The molecule has 0 aliphatic carbocycles. The zero-order valence-electron chi connectivity index (χ0n) is 15.1. The molecule has 1 aromatic carbocycles. The summed E-state index contributed by atoms with van der Waals surface area (Å²) >= 11 is 0. The molecule has 0 fully saturated rings. The second-order valence-corrected chi connectivity index (χ2v) is 6.83. The predicted octanol–water partition coefficient (Wildman–Crippen LogP) is 1.84. The van der Waals surface area contributed by atoms with Gasteiger partial charge in [-0.25, -0.2) is 9.59 Å². The average molecular weight is 351 g/mol. The maximum absolute atomic E-state index is 11.8. The Labute approximate surface area is 147 Å². The molecule has 0 bridgehead atoms. The first-order valence-electron chi connectivity index (χ1n) is 7.75. The maximum atomic E-state index is 11.8. The third-order valence-electron chi connectivity index (χ3n) is 2.90. The third-order valence-corrected chi connectivity index (χ3v) is 2.90. The van der Waals surface area contributed by atoms with E-state index in [9.17, 15) is 19.5 Å². The van der Waals surface area contributed by atoms with Crippen LogP contribution in [0.25, 0.3) is 0 Å². The van der Waals surface area contributed by atoms with Crippen molar-refractivity contribution in [2.75, 3.05) is 26.0 Å². The molecule has 0 saturated heterocycles. The molecule has 25 heavy (non-hydrogen) atoms. The Kier molecular flexibility index (Phi) is 6.93. The van der Waals surface area contributed by atoms with E-state index in [0.717, 1.165) is 0 Å². The van der Waals surface area contributed by atoms with Crippen molar-refractivity contribution in [1.82, 2.24) is 10.2 Å². The standard InChI is InChI=1S/C17H25N3O5/c1-17(2,3)25-16(24)19-14(15(22)23)11-6-8-12(9-7-11)18-13(21)10-20(4)5/h6-9,14H,10H2,1-5H3,(H,18,21)(H,19,24)(H,22,23). The minimum absolute atomic E-state index is 0.181. The number of benzene rings is 1. The third kappa shape index (κ3) is 7.67. The number of carboxylic acids is 1. The smallest absolute Gasteiger partial charge is 0.408 e. The molecule has 0 aromatic heterocycles. The molecule has 1 rings (SSSR count). The molecule has 0 aliphatic heterocycles. The highest BCUT2D eigenvalue weighted by Crippen LogP contribution is 2.18. The van der Waals surface area contributed by atoms with Gasteiger partial charge in [-0.1, -0.05) is 12.1 Å².